The van der Waals surface area contributed by atoms with Gasteiger partial charge in [0, 0.05) is 12.8 Å². The van der Waals surface area contributed by atoms with Gasteiger partial charge in [-0.2, -0.15) is 0 Å². The fraction of sp³-hybridized carbons (Fsp3) is 0.600. The second kappa shape index (κ2) is 9.86. The molecule has 4 unspecified atom stereocenters. The lowest BCUT2D eigenvalue weighted by Crippen LogP contribution is -2.50. The van der Waals surface area contributed by atoms with Crippen LogP contribution in [0.15, 0.2) is 34.9 Å². The van der Waals surface area contributed by atoms with Gasteiger partial charge in [-0.15, -0.1) is 0 Å². The lowest BCUT2D eigenvalue weighted by molar-refractivity contribution is -0.214. The van der Waals surface area contributed by atoms with Crippen LogP contribution in [0.5, 0.6) is 0 Å². The van der Waals surface area contributed by atoms with Crippen LogP contribution >= 0.6 is 0 Å². The van der Waals surface area contributed by atoms with E-state index in [1.165, 1.54) is 37.4 Å². The number of carbonyl (C=O) groups excluding carboxylic acids is 2. The van der Waals surface area contributed by atoms with Gasteiger partial charge in [-0.05, 0) is 11.8 Å². The Kier molecular flexibility index (Phi) is 7.74. The van der Waals surface area contributed by atoms with Gasteiger partial charge in [0.05, 0.1) is 24.8 Å². The summed E-state index contributed by atoms with van der Waals surface area (Å²) < 4.78 is 21.3. The Morgan fingerprint density at radius 3 is 1.47 bits per heavy atom. The summed E-state index contributed by atoms with van der Waals surface area (Å²) in [6.45, 7) is 7.51. The molecular formula is C20H28N2O8. The van der Waals surface area contributed by atoms with Crippen molar-refractivity contribution in [3.63, 3.8) is 0 Å². The van der Waals surface area contributed by atoms with E-state index in [9.17, 15) is 19.8 Å². The minimum atomic E-state index is -2.21. The van der Waals surface area contributed by atoms with Gasteiger partial charge < -0.3 is 29.2 Å². The van der Waals surface area contributed by atoms with Gasteiger partial charge in [0.1, 0.15) is 12.5 Å². The predicted octanol–water partition coefficient (Wildman–Crippen LogP) is 1.42. The van der Waals surface area contributed by atoms with E-state index < -0.39 is 35.7 Å². The molecule has 2 aliphatic rings. The molecule has 4 atom stereocenters. The second-order valence-corrected chi connectivity index (χ2v) is 7.91. The molecule has 2 N–H and O–H groups in total. The molecule has 0 aromatic heterocycles. The second-order valence-electron chi connectivity index (χ2n) is 7.91. The zero-order chi connectivity index (χ0) is 22.4. The number of ether oxygens (including phenoxy) is 4. The largest absolute Gasteiger partial charge is 0.453 e. The standard InChI is InChI=1S/C20H28N2O8/c1-13(2)9-19(11-21-5-7-27-19)29-17(25)15(23)16(24)18(26)30-20(10-14(3)4)12-22-6-8-28-20/h5-8,11-16,23-24H,9-10H2,1-4H3. The molecular weight excluding hydrogens is 396 g/mol. The monoisotopic (exact) mass is 424 g/mol. The molecule has 2 rings (SSSR count). The van der Waals surface area contributed by atoms with Crippen LogP contribution in [0.3, 0.4) is 0 Å². The highest BCUT2D eigenvalue weighted by Gasteiger charge is 2.44. The predicted molar refractivity (Wildman–Crippen MR) is 106 cm³/mol. The zero-order valence-corrected chi connectivity index (χ0v) is 17.4. The number of rotatable bonds is 9. The molecule has 0 radical (unpaired) electrons. The van der Waals surface area contributed by atoms with E-state index in [1.807, 2.05) is 27.7 Å². The maximum absolute atomic E-state index is 12.4. The van der Waals surface area contributed by atoms with Crippen molar-refractivity contribution in [2.24, 2.45) is 21.8 Å². The van der Waals surface area contributed by atoms with Crippen LogP contribution in [0.25, 0.3) is 0 Å². The molecule has 2 heterocycles. The summed E-state index contributed by atoms with van der Waals surface area (Å²) in [5, 5.41) is 20.4. The van der Waals surface area contributed by atoms with Crippen molar-refractivity contribution in [1.29, 1.82) is 0 Å². The Bertz CT molecular complexity index is 683. The van der Waals surface area contributed by atoms with Crippen molar-refractivity contribution in [2.75, 3.05) is 0 Å². The van der Waals surface area contributed by atoms with Crippen LogP contribution in [0.2, 0.25) is 0 Å². The third-order valence-corrected chi connectivity index (χ3v) is 4.09. The van der Waals surface area contributed by atoms with Crippen LogP contribution in [0.4, 0.5) is 0 Å². The van der Waals surface area contributed by atoms with Gasteiger partial charge in [0.25, 0.3) is 11.6 Å². The first kappa shape index (κ1) is 23.6. The van der Waals surface area contributed by atoms with Gasteiger partial charge >= 0.3 is 11.9 Å². The maximum atomic E-state index is 12.4. The fourth-order valence-electron chi connectivity index (χ4n) is 2.98. The van der Waals surface area contributed by atoms with Crippen LogP contribution < -0.4 is 0 Å². The van der Waals surface area contributed by atoms with E-state index in [1.54, 1.807) is 0 Å². The van der Waals surface area contributed by atoms with E-state index in [-0.39, 0.29) is 24.7 Å². The average molecular weight is 424 g/mol. The molecule has 0 saturated heterocycles. The summed E-state index contributed by atoms with van der Waals surface area (Å²) in [6, 6.07) is 0. The lowest BCUT2D eigenvalue weighted by Gasteiger charge is -2.33. The van der Waals surface area contributed by atoms with Crippen molar-refractivity contribution >= 4 is 24.4 Å². The maximum Gasteiger partial charge on any atom is 0.341 e. The average Bonchev–Trinajstić information content (AvgIpc) is 2.66. The van der Waals surface area contributed by atoms with E-state index in [2.05, 4.69) is 9.98 Å². The highest BCUT2D eigenvalue weighted by atomic mass is 16.7. The van der Waals surface area contributed by atoms with Crippen LogP contribution in [0.1, 0.15) is 40.5 Å². The number of aliphatic imine (C=N–C) groups is 2. The third kappa shape index (κ3) is 6.14. The topological polar surface area (TPSA) is 136 Å². The van der Waals surface area contributed by atoms with E-state index in [4.69, 9.17) is 18.9 Å². The van der Waals surface area contributed by atoms with Crippen molar-refractivity contribution in [1.82, 2.24) is 0 Å². The molecule has 10 heteroatoms. The SMILES string of the molecule is CC(C)CC1(OC(=O)C(O)C(O)C(=O)OC2(CC(C)C)C=NC=CO2)C=NC=CO1. The number of esters is 2. The number of hydrogen-bond acceptors (Lipinski definition) is 10. The molecule has 0 aromatic carbocycles. The molecule has 0 saturated carbocycles. The number of aliphatic hydroxyl groups excluding tert-OH is 2. The number of carbonyl (C=O) groups is 2. The fourth-order valence-corrected chi connectivity index (χ4v) is 2.98. The number of nitrogens with zero attached hydrogens (tertiary/aromatic N) is 2. The lowest BCUT2D eigenvalue weighted by atomic mass is 10.0. The van der Waals surface area contributed by atoms with Gasteiger partial charge in [-0.25, -0.2) is 9.59 Å². The summed E-state index contributed by atoms with van der Waals surface area (Å²) in [5.41, 5.74) is 0. The van der Waals surface area contributed by atoms with Crippen LogP contribution in [0, 0.1) is 11.8 Å². The normalized spacial score (nSPS) is 26.8. The molecule has 30 heavy (non-hydrogen) atoms. The molecule has 0 aliphatic carbocycles. The molecule has 0 amide bonds. The van der Waals surface area contributed by atoms with Gasteiger partial charge in [-0.1, -0.05) is 27.7 Å². The van der Waals surface area contributed by atoms with Crippen LogP contribution in [-0.2, 0) is 28.5 Å². The quantitative estimate of drug-likeness (QED) is 0.531. The van der Waals surface area contributed by atoms with E-state index in [0.717, 1.165) is 0 Å². The summed E-state index contributed by atoms with van der Waals surface area (Å²) >= 11 is 0. The van der Waals surface area contributed by atoms with Crippen molar-refractivity contribution in [2.45, 2.75) is 64.3 Å². The smallest absolute Gasteiger partial charge is 0.341 e. The van der Waals surface area contributed by atoms with Gasteiger partial charge in [0.15, 0.2) is 12.2 Å². The molecule has 0 aromatic rings. The zero-order valence-electron chi connectivity index (χ0n) is 17.4. The van der Waals surface area contributed by atoms with Crippen molar-refractivity contribution in [3.8, 4) is 0 Å². The first-order valence-corrected chi connectivity index (χ1v) is 9.64. The molecule has 0 spiro atoms. The third-order valence-electron chi connectivity index (χ3n) is 4.09. The molecule has 166 valence electrons. The van der Waals surface area contributed by atoms with E-state index >= 15 is 0 Å². The minimum absolute atomic E-state index is 0.0504. The summed E-state index contributed by atoms with van der Waals surface area (Å²) in [6.07, 6.45) is 3.84. The first-order chi connectivity index (χ1) is 14.1. The highest BCUT2D eigenvalue weighted by molar-refractivity contribution is 5.88. The Morgan fingerprint density at radius 1 is 0.833 bits per heavy atom. The molecule has 0 fully saturated rings. The number of hydrogen-bond donors (Lipinski definition) is 2. The Hall–Kier alpha value is -2.72. The van der Waals surface area contributed by atoms with E-state index in [0.29, 0.717) is 0 Å². The Balaban J connectivity index is 2.06. The van der Waals surface area contributed by atoms with Gasteiger partial charge in [0.2, 0.25) is 0 Å². The molecule has 10 nitrogen and oxygen atoms in total. The summed E-state index contributed by atoms with van der Waals surface area (Å²) in [4.78, 5) is 32.7. The minimum Gasteiger partial charge on any atom is -0.453 e. The van der Waals surface area contributed by atoms with Crippen molar-refractivity contribution < 1.29 is 38.7 Å². The number of aliphatic hydroxyl groups is 2. The Labute approximate surface area is 174 Å². The summed E-state index contributed by atoms with van der Waals surface area (Å²) in [7, 11) is 0. The van der Waals surface area contributed by atoms with Crippen LogP contribution in [-0.4, -0.2) is 58.4 Å². The first-order valence-electron chi connectivity index (χ1n) is 9.64. The molecule has 2 aliphatic heterocycles. The molecule has 0 bridgehead atoms. The van der Waals surface area contributed by atoms with Gasteiger partial charge in [-0.3, -0.25) is 9.98 Å². The summed E-state index contributed by atoms with van der Waals surface area (Å²) in [5.74, 6) is -5.53. The highest BCUT2D eigenvalue weighted by Crippen LogP contribution is 2.27. The Morgan fingerprint density at radius 2 is 1.20 bits per heavy atom. The van der Waals surface area contributed by atoms with Crippen molar-refractivity contribution in [3.05, 3.63) is 24.9 Å².